The fraction of sp³-hybridized carbons (Fsp3) is 0.562. The van der Waals surface area contributed by atoms with Crippen molar-refractivity contribution in [1.82, 2.24) is 4.90 Å². The molecule has 0 radical (unpaired) electrons. The summed E-state index contributed by atoms with van der Waals surface area (Å²) in [6.07, 6.45) is 1.67. The zero-order valence-electron chi connectivity index (χ0n) is 12.5. The Labute approximate surface area is 120 Å². The number of carbonyl (C=O) groups excluding carboxylic acids is 1. The standard InChI is InChI=1S/C16H23NO3/c1-4-7-16(19)10-17(11-16)15(18)9-20-14-6-5-12(2)8-13(14)3/h5-6,8,19H,4,7,9-11H2,1-3H3. The van der Waals surface area contributed by atoms with Gasteiger partial charge in [-0.05, 0) is 31.9 Å². The summed E-state index contributed by atoms with van der Waals surface area (Å²) >= 11 is 0. The number of rotatable bonds is 5. The van der Waals surface area contributed by atoms with Gasteiger partial charge in [-0.15, -0.1) is 0 Å². The van der Waals surface area contributed by atoms with Crippen LogP contribution in [-0.2, 0) is 4.79 Å². The third-order valence-electron chi connectivity index (χ3n) is 3.72. The number of aliphatic hydroxyl groups is 1. The van der Waals surface area contributed by atoms with Gasteiger partial charge in [0.15, 0.2) is 6.61 Å². The van der Waals surface area contributed by atoms with Gasteiger partial charge >= 0.3 is 0 Å². The highest BCUT2D eigenvalue weighted by Gasteiger charge is 2.42. The lowest BCUT2D eigenvalue weighted by atomic mass is 9.89. The number of carbonyl (C=O) groups is 1. The molecule has 0 bridgehead atoms. The Bertz CT molecular complexity index is 492. The van der Waals surface area contributed by atoms with Gasteiger partial charge < -0.3 is 14.7 Å². The summed E-state index contributed by atoms with van der Waals surface area (Å²) in [6.45, 7) is 6.91. The summed E-state index contributed by atoms with van der Waals surface area (Å²) < 4.78 is 5.57. The first-order valence-corrected chi connectivity index (χ1v) is 7.14. The molecule has 1 saturated heterocycles. The number of β-amino-alcohol motifs (C(OH)–C–C–N with tert-alkyl or cyclic N) is 1. The fourth-order valence-electron chi connectivity index (χ4n) is 2.66. The molecule has 0 atom stereocenters. The first-order chi connectivity index (χ1) is 9.43. The lowest BCUT2D eigenvalue weighted by Crippen LogP contribution is -2.64. The van der Waals surface area contributed by atoms with Gasteiger partial charge in [-0.3, -0.25) is 4.79 Å². The third-order valence-corrected chi connectivity index (χ3v) is 3.72. The molecule has 20 heavy (non-hydrogen) atoms. The quantitative estimate of drug-likeness (QED) is 0.896. The smallest absolute Gasteiger partial charge is 0.260 e. The molecule has 0 aliphatic carbocycles. The maximum atomic E-state index is 12.0. The Morgan fingerprint density at radius 3 is 2.70 bits per heavy atom. The van der Waals surface area contributed by atoms with E-state index in [4.69, 9.17) is 4.74 Å². The van der Waals surface area contributed by atoms with Gasteiger partial charge in [0.05, 0.1) is 18.7 Å². The van der Waals surface area contributed by atoms with E-state index in [0.29, 0.717) is 13.1 Å². The number of ether oxygens (including phenoxy) is 1. The van der Waals surface area contributed by atoms with Crippen LogP contribution in [0.15, 0.2) is 18.2 Å². The third kappa shape index (κ3) is 3.31. The van der Waals surface area contributed by atoms with E-state index < -0.39 is 5.60 Å². The summed E-state index contributed by atoms with van der Waals surface area (Å²) in [7, 11) is 0. The number of amides is 1. The molecule has 1 aromatic carbocycles. The van der Waals surface area contributed by atoms with E-state index in [-0.39, 0.29) is 12.5 Å². The molecule has 0 unspecified atom stereocenters. The van der Waals surface area contributed by atoms with Crippen molar-refractivity contribution in [2.24, 2.45) is 0 Å². The van der Waals surface area contributed by atoms with Crippen LogP contribution in [0.2, 0.25) is 0 Å². The van der Waals surface area contributed by atoms with Crippen LogP contribution in [0.4, 0.5) is 0 Å². The van der Waals surface area contributed by atoms with E-state index in [1.807, 2.05) is 39.0 Å². The Hall–Kier alpha value is -1.55. The normalized spacial score (nSPS) is 16.7. The van der Waals surface area contributed by atoms with Crippen LogP contribution in [-0.4, -0.2) is 41.2 Å². The van der Waals surface area contributed by atoms with Crippen LogP contribution < -0.4 is 4.74 Å². The molecule has 4 nitrogen and oxygen atoms in total. The number of aryl methyl sites for hydroxylation is 2. The first kappa shape index (κ1) is 14.9. The summed E-state index contributed by atoms with van der Waals surface area (Å²) in [4.78, 5) is 13.6. The molecular formula is C16H23NO3. The van der Waals surface area contributed by atoms with Crippen molar-refractivity contribution in [1.29, 1.82) is 0 Å². The van der Waals surface area contributed by atoms with Crippen molar-refractivity contribution in [3.8, 4) is 5.75 Å². The van der Waals surface area contributed by atoms with Gasteiger partial charge in [-0.1, -0.05) is 31.0 Å². The van der Waals surface area contributed by atoms with Crippen LogP contribution in [0, 0.1) is 13.8 Å². The van der Waals surface area contributed by atoms with Crippen LogP contribution in [0.3, 0.4) is 0 Å². The zero-order chi connectivity index (χ0) is 14.8. The molecule has 0 aromatic heterocycles. The zero-order valence-corrected chi connectivity index (χ0v) is 12.5. The number of nitrogens with zero attached hydrogens (tertiary/aromatic N) is 1. The molecule has 4 heteroatoms. The molecule has 1 amide bonds. The van der Waals surface area contributed by atoms with Crippen molar-refractivity contribution < 1.29 is 14.6 Å². The maximum absolute atomic E-state index is 12.0. The van der Waals surface area contributed by atoms with Gasteiger partial charge in [-0.25, -0.2) is 0 Å². The van der Waals surface area contributed by atoms with Gasteiger partial charge in [0.2, 0.25) is 0 Å². The van der Waals surface area contributed by atoms with Gasteiger partial charge in [0, 0.05) is 0 Å². The highest BCUT2D eigenvalue weighted by molar-refractivity contribution is 5.79. The number of likely N-dealkylation sites (tertiary alicyclic amines) is 1. The van der Waals surface area contributed by atoms with Crippen molar-refractivity contribution in [2.75, 3.05) is 19.7 Å². The van der Waals surface area contributed by atoms with Crippen LogP contribution >= 0.6 is 0 Å². The van der Waals surface area contributed by atoms with Gasteiger partial charge in [0.1, 0.15) is 5.75 Å². The summed E-state index contributed by atoms with van der Waals surface area (Å²) in [5, 5.41) is 10.1. The lowest BCUT2D eigenvalue weighted by Gasteiger charge is -2.46. The van der Waals surface area contributed by atoms with Crippen LogP contribution in [0.25, 0.3) is 0 Å². The second-order valence-electron chi connectivity index (χ2n) is 5.78. The molecule has 0 spiro atoms. The largest absolute Gasteiger partial charge is 0.484 e. The van der Waals surface area contributed by atoms with E-state index in [2.05, 4.69) is 0 Å². The number of benzene rings is 1. The number of hydrogen-bond donors (Lipinski definition) is 1. The number of hydrogen-bond acceptors (Lipinski definition) is 3. The van der Waals surface area contributed by atoms with E-state index >= 15 is 0 Å². The van der Waals surface area contributed by atoms with Gasteiger partial charge in [-0.2, -0.15) is 0 Å². The van der Waals surface area contributed by atoms with Crippen molar-refractivity contribution in [3.63, 3.8) is 0 Å². The fourth-order valence-corrected chi connectivity index (χ4v) is 2.66. The van der Waals surface area contributed by atoms with Crippen molar-refractivity contribution in [3.05, 3.63) is 29.3 Å². The average molecular weight is 277 g/mol. The lowest BCUT2D eigenvalue weighted by molar-refractivity contribution is -0.158. The van der Waals surface area contributed by atoms with Crippen LogP contribution in [0.5, 0.6) is 5.75 Å². The highest BCUT2D eigenvalue weighted by Crippen LogP contribution is 2.26. The minimum absolute atomic E-state index is 0.0338. The van der Waals surface area contributed by atoms with E-state index in [1.165, 1.54) is 5.56 Å². The molecule has 1 aliphatic heterocycles. The predicted molar refractivity (Wildman–Crippen MR) is 77.8 cm³/mol. The Morgan fingerprint density at radius 1 is 1.40 bits per heavy atom. The van der Waals surface area contributed by atoms with E-state index in [0.717, 1.165) is 24.2 Å². The summed E-state index contributed by atoms with van der Waals surface area (Å²) in [6, 6.07) is 5.89. The Morgan fingerprint density at radius 2 is 2.10 bits per heavy atom. The second kappa shape index (κ2) is 5.83. The molecule has 0 saturated carbocycles. The maximum Gasteiger partial charge on any atom is 0.260 e. The predicted octanol–water partition coefficient (Wildman–Crippen LogP) is 2.06. The SMILES string of the molecule is CCCC1(O)CN(C(=O)COc2ccc(C)cc2C)C1. The summed E-state index contributed by atoms with van der Waals surface area (Å²) in [5.41, 5.74) is 1.53. The van der Waals surface area contributed by atoms with Gasteiger partial charge in [0.25, 0.3) is 5.91 Å². The molecule has 110 valence electrons. The minimum atomic E-state index is -0.676. The first-order valence-electron chi connectivity index (χ1n) is 7.14. The molecule has 2 rings (SSSR count). The van der Waals surface area contributed by atoms with Crippen molar-refractivity contribution >= 4 is 5.91 Å². The Kier molecular flexibility index (Phi) is 4.33. The monoisotopic (exact) mass is 277 g/mol. The summed E-state index contributed by atoms with van der Waals surface area (Å²) in [5.74, 6) is 0.680. The van der Waals surface area contributed by atoms with Crippen LogP contribution in [0.1, 0.15) is 30.9 Å². The molecule has 1 fully saturated rings. The topological polar surface area (TPSA) is 49.8 Å². The Balaban J connectivity index is 1.82. The molecule has 1 aliphatic rings. The van der Waals surface area contributed by atoms with E-state index in [1.54, 1.807) is 4.90 Å². The highest BCUT2D eigenvalue weighted by atomic mass is 16.5. The molecule has 1 aromatic rings. The second-order valence-corrected chi connectivity index (χ2v) is 5.78. The average Bonchev–Trinajstić information content (AvgIpc) is 2.34. The molecular weight excluding hydrogens is 254 g/mol. The van der Waals surface area contributed by atoms with E-state index in [9.17, 15) is 9.90 Å². The van der Waals surface area contributed by atoms with Crippen molar-refractivity contribution in [2.45, 2.75) is 39.2 Å². The molecule has 1 N–H and O–H groups in total. The molecule has 1 heterocycles. The minimum Gasteiger partial charge on any atom is -0.484 e.